The van der Waals surface area contributed by atoms with Crippen molar-refractivity contribution >= 4 is 17.6 Å². The highest BCUT2D eigenvalue weighted by molar-refractivity contribution is 5.99. The minimum Gasteiger partial charge on any atom is -0.384 e. The van der Waals surface area contributed by atoms with Crippen LogP contribution in [0.1, 0.15) is 68.4 Å². The first-order chi connectivity index (χ1) is 14.8. The number of carbonyl (C=O) groups is 3. The van der Waals surface area contributed by atoms with E-state index in [4.69, 9.17) is 4.42 Å². The summed E-state index contributed by atoms with van der Waals surface area (Å²) in [6.07, 6.45) is 3.46. The van der Waals surface area contributed by atoms with E-state index in [-0.39, 0.29) is 31.1 Å². The molecule has 2 aromatic rings. The molecule has 9 heteroatoms. The Balaban J connectivity index is 0.00000363. The van der Waals surface area contributed by atoms with Gasteiger partial charge in [-0.1, -0.05) is 44.9 Å². The molecular weight excluding hydrogens is 400 g/mol. The second-order valence-electron chi connectivity index (χ2n) is 8.31. The summed E-state index contributed by atoms with van der Waals surface area (Å²) in [4.78, 5) is 49.7. The highest BCUT2D eigenvalue weighted by Gasteiger charge is 2.35. The van der Waals surface area contributed by atoms with E-state index in [9.17, 15) is 19.2 Å². The Morgan fingerprint density at radius 1 is 1.19 bits per heavy atom. The average Bonchev–Trinajstić information content (AvgIpc) is 3.19. The zero-order chi connectivity index (χ0) is 22.4. The topological polar surface area (TPSA) is 134 Å². The van der Waals surface area contributed by atoms with Gasteiger partial charge in [0.1, 0.15) is 0 Å². The fraction of sp³-hybridized carbons (Fsp3) is 0.500. The third kappa shape index (κ3) is 5.90. The van der Waals surface area contributed by atoms with Gasteiger partial charge in [0.05, 0.1) is 12.0 Å². The van der Waals surface area contributed by atoms with Gasteiger partial charge in [-0.15, -0.1) is 5.10 Å². The van der Waals surface area contributed by atoms with Crippen LogP contribution in [0.2, 0.25) is 0 Å². The van der Waals surface area contributed by atoms with Crippen LogP contribution < -0.4 is 16.4 Å². The first kappa shape index (κ1) is 22.5. The Bertz CT molecular complexity index is 972. The maximum Gasteiger partial charge on any atom is 0.434 e. The standard InChI is InChI=1S/C22H28N4O5.H2/c1-13(2)12-17(18(27)21-25-26-22(30)31-21)24-20(29)15-10-6-7-11-16(15)23-19(28)14-8-4-3-5-9-14;/h3-5,8-9,13,15-17H,6-7,10-12H2,1-2H3,(H,23,28)(H,24,29)(H,26,30);1H/t15-,16+,17-;/m0./s1. The highest BCUT2D eigenvalue weighted by Crippen LogP contribution is 2.25. The SMILES string of the molecule is CC(C)C[C@H](NC(=O)[C@H]1CCCC[C@H]1NC(=O)c1ccccc1)C(=O)c1n[nH]c(=O)o1.[HH]. The summed E-state index contributed by atoms with van der Waals surface area (Å²) in [6.45, 7) is 3.85. The van der Waals surface area contributed by atoms with Crippen LogP contribution in [0.15, 0.2) is 39.5 Å². The molecule has 0 aliphatic heterocycles. The van der Waals surface area contributed by atoms with E-state index in [1.807, 2.05) is 19.9 Å². The Kier molecular flexibility index (Phi) is 7.38. The average molecular weight is 431 g/mol. The summed E-state index contributed by atoms with van der Waals surface area (Å²) >= 11 is 0. The molecular formula is C22H30N4O5. The molecule has 3 atom stereocenters. The number of Topliss-reactive ketones (excluding diaryl/α,β-unsaturated/α-hetero) is 1. The second kappa shape index (κ2) is 10.2. The van der Waals surface area contributed by atoms with E-state index >= 15 is 0 Å². The van der Waals surface area contributed by atoms with Crippen molar-refractivity contribution in [2.24, 2.45) is 11.8 Å². The maximum absolute atomic E-state index is 13.1. The van der Waals surface area contributed by atoms with Gasteiger partial charge < -0.3 is 15.1 Å². The molecule has 0 unspecified atom stereocenters. The van der Waals surface area contributed by atoms with Gasteiger partial charge in [-0.3, -0.25) is 14.4 Å². The van der Waals surface area contributed by atoms with Crippen molar-refractivity contribution in [3.8, 4) is 0 Å². The molecule has 1 aromatic carbocycles. The predicted octanol–water partition coefficient (Wildman–Crippen LogP) is 2.31. The van der Waals surface area contributed by atoms with Crippen LogP contribution in [-0.4, -0.2) is 39.9 Å². The number of hydrogen-bond acceptors (Lipinski definition) is 6. The molecule has 1 fully saturated rings. The van der Waals surface area contributed by atoms with E-state index in [0.717, 1.165) is 12.8 Å². The highest BCUT2D eigenvalue weighted by atomic mass is 16.4. The van der Waals surface area contributed by atoms with Crippen molar-refractivity contribution in [1.29, 1.82) is 0 Å². The van der Waals surface area contributed by atoms with Gasteiger partial charge in [-0.2, -0.15) is 0 Å². The summed E-state index contributed by atoms with van der Waals surface area (Å²) in [5.41, 5.74) is 0.536. The molecule has 9 nitrogen and oxygen atoms in total. The minimum atomic E-state index is -0.869. The number of benzene rings is 1. The largest absolute Gasteiger partial charge is 0.434 e. The van der Waals surface area contributed by atoms with E-state index in [2.05, 4.69) is 20.8 Å². The molecule has 1 saturated carbocycles. The van der Waals surface area contributed by atoms with E-state index in [1.165, 1.54) is 0 Å². The van der Waals surface area contributed by atoms with Crippen molar-refractivity contribution in [3.05, 3.63) is 52.3 Å². The number of nitrogens with zero attached hydrogens (tertiary/aromatic N) is 1. The maximum atomic E-state index is 13.1. The predicted molar refractivity (Wildman–Crippen MR) is 115 cm³/mol. The lowest BCUT2D eigenvalue weighted by Crippen LogP contribution is -2.52. The van der Waals surface area contributed by atoms with Gasteiger partial charge >= 0.3 is 5.76 Å². The van der Waals surface area contributed by atoms with Gasteiger partial charge in [0.15, 0.2) is 0 Å². The third-order valence-corrected chi connectivity index (χ3v) is 5.44. The van der Waals surface area contributed by atoms with Crippen LogP contribution >= 0.6 is 0 Å². The Morgan fingerprint density at radius 3 is 2.55 bits per heavy atom. The Labute approximate surface area is 181 Å². The number of aromatic amines is 1. The first-order valence-electron chi connectivity index (χ1n) is 10.6. The lowest BCUT2D eigenvalue weighted by atomic mass is 9.83. The van der Waals surface area contributed by atoms with Crippen LogP contribution in [0.4, 0.5) is 0 Å². The van der Waals surface area contributed by atoms with Gasteiger partial charge in [-0.25, -0.2) is 9.89 Å². The van der Waals surface area contributed by atoms with Crippen LogP contribution in [0.25, 0.3) is 0 Å². The van der Waals surface area contributed by atoms with Crippen LogP contribution in [0.3, 0.4) is 0 Å². The molecule has 0 radical (unpaired) electrons. The van der Waals surface area contributed by atoms with Gasteiger partial charge in [-0.05, 0) is 37.3 Å². The number of hydrogen-bond donors (Lipinski definition) is 3. The van der Waals surface area contributed by atoms with Crippen LogP contribution in [0.5, 0.6) is 0 Å². The summed E-state index contributed by atoms with van der Waals surface area (Å²) in [5.74, 6) is -2.59. The number of H-pyrrole nitrogens is 1. The lowest BCUT2D eigenvalue weighted by molar-refractivity contribution is -0.127. The van der Waals surface area contributed by atoms with Crippen molar-refractivity contribution in [2.45, 2.75) is 58.0 Å². The molecule has 0 saturated heterocycles. The molecule has 1 aliphatic carbocycles. The molecule has 3 N–H and O–H groups in total. The van der Waals surface area contributed by atoms with E-state index in [1.54, 1.807) is 24.3 Å². The quantitative estimate of drug-likeness (QED) is 0.550. The number of aromatic nitrogens is 2. The summed E-state index contributed by atoms with van der Waals surface area (Å²) in [6, 6.07) is 7.67. The van der Waals surface area contributed by atoms with E-state index < -0.39 is 23.5 Å². The zero-order valence-corrected chi connectivity index (χ0v) is 17.7. The zero-order valence-electron chi connectivity index (χ0n) is 17.7. The van der Waals surface area contributed by atoms with Crippen LogP contribution in [-0.2, 0) is 4.79 Å². The van der Waals surface area contributed by atoms with Crippen molar-refractivity contribution in [1.82, 2.24) is 20.8 Å². The second-order valence-corrected chi connectivity index (χ2v) is 8.31. The molecule has 2 amide bonds. The van der Waals surface area contributed by atoms with Gasteiger partial charge in [0.2, 0.25) is 11.7 Å². The molecule has 1 heterocycles. The van der Waals surface area contributed by atoms with Crippen molar-refractivity contribution in [3.63, 3.8) is 0 Å². The number of rotatable bonds is 8. The normalized spacial score (nSPS) is 19.6. The molecule has 3 rings (SSSR count). The molecule has 0 spiro atoms. The minimum absolute atomic E-state index is 0. The number of amides is 2. The monoisotopic (exact) mass is 430 g/mol. The third-order valence-electron chi connectivity index (χ3n) is 5.44. The molecule has 31 heavy (non-hydrogen) atoms. The fourth-order valence-corrected chi connectivity index (χ4v) is 3.92. The fourth-order valence-electron chi connectivity index (χ4n) is 3.92. The van der Waals surface area contributed by atoms with Gasteiger partial charge in [0, 0.05) is 13.0 Å². The summed E-state index contributed by atoms with van der Waals surface area (Å²) < 4.78 is 4.78. The summed E-state index contributed by atoms with van der Waals surface area (Å²) in [5, 5.41) is 11.5. The number of nitrogens with one attached hydrogen (secondary N) is 3. The molecule has 168 valence electrons. The Hall–Kier alpha value is -3.23. The first-order valence-corrected chi connectivity index (χ1v) is 10.6. The van der Waals surface area contributed by atoms with Gasteiger partial charge in [0.25, 0.3) is 11.8 Å². The molecule has 0 bridgehead atoms. The Morgan fingerprint density at radius 2 is 1.90 bits per heavy atom. The lowest BCUT2D eigenvalue weighted by Gasteiger charge is -2.32. The van der Waals surface area contributed by atoms with Crippen molar-refractivity contribution in [2.75, 3.05) is 0 Å². The van der Waals surface area contributed by atoms with E-state index in [0.29, 0.717) is 24.8 Å². The number of carbonyl (C=O) groups excluding carboxylic acids is 3. The smallest absolute Gasteiger partial charge is 0.384 e. The molecule has 1 aliphatic rings. The summed E-state index contributed by atoms with van der Waals surface area (Å²) in [7, 11) is 0. The molecule has 1 aromatic heterocycles. The number of ketones is 1. The van der Waals surface area contributed by atoms with Crippen molar-refractivity contribution < 1.29 is 20.2 Å². The van der Waals surface area contributed by atoms with Crippen LogP contribution in [0, 0.1) is 11.8 Å².